The fourth-order valence-corrected chi connectivity index (χ4v) is 1.32. The average Bonchev–Trinajstić information content (AvgIpc) is 1.81. The summed E-state index contributed by atoms with van der Waals surface area (Å²) in [7, 11) is 0. The van der Waals surface area contributed by atoms with E-state index < -0.39 is 0 Å². The molecule has 0 nitrogen and oxygen atoms in total. The summed E-state index contributed by atoms with van der Waals surface area (Å²) in [4.78, 5) is 0. The molecule has 54 valence electrons. The quantitative estimate of drug-likeness (QED) is 0.381. The summed E-state index contributed by atoms with van der Waals surface area (Å²) in [5, 5.41) is 0. The molecule has 10 heavy (non-hydrogen) atoms. The fraction of sp³-hybridized carbons (Fsp3) is 0.778. The molecule has 0 N–H and O–H groups in total. The molecule has 1 unspecified atom stereocenters. The number of rotatable bonds is 0. The molecule has 0 heterocycles. The summed E-state index contributed by atoms with van der Waals surface area (Å²) in [5.41, 5.74) is 0.639. The minimum atomic E-state index is 0. The predicted molar refractivity (Wildman–Crippen MR) is 46.5 cm³/mol. The minimum Gasteiger partial charge on any atom is -0.340 e. The Morgan fingerprint density at radius 3 is 1.90 bits per heavy atom. The van der Waals surface area contributed by atoms with Gasteiger partial charge in [-0.05, 0) is 0 Å². The van der Waals surface area contributed by atoms with Crippen LogP contribution in [0.3, 0.4) is 0 Å². The van der Waals surface area contributed by atoms with E-state index in [1.165, 1.54) is 12.8 Å². The van der Waals surface area contributed by atoms with E-state index in [9.17, 15) is 0 Å². The van der Waals surface area contributed by atoms with Crippen molar-refractivity contribution in [1.82, 2.24) is 0 Å². The summed E-state index contributed by atoms with van der Waals surface area (Å²) in [6.07, 6.45) is 4.88. The molecule has 1 saturated carbocycles. The molecule has 0 radical (unpaired) electrons. The van der Waals surface area contributed by atoms with Crippen molar-refractivity contribution in [2.45, 2.75) is 33.6 Å². The van der Waals surface area contributed by atoms with Gasteiger partial charge in [-0.25, -0.2) is 0 Å². The van der Waals surface area contributed by atoms with Crippen LogP contribution in [0.5, 0.6) is 0 Å². The Kier molecular flexibility index (Phi) is 3.75. The van der Waals surface area contributed by atoms with Crippen LogP contribution in [-0.2, 0) is 0 Å². The molecule has 0 saturated heterocycles. The van der Waals surface area contributed by atoms with Gasteiger partial charge in [0.2, 0.25) is 0 Å². The summed E-state index contributed by atoms with van der Waals surface area (Å²) in [5.74, 6) is 0. The molecule has 1 fully saturated rings. The van der Waals surface area contributed by atoms with Crippen LogP contribution in [0.15, 0.2) is 0 Å². The second kappa shape index (κ2) is 3.33. The maximum Gasteiger partial charge on any atom is 2.00 e. The van der Waals surface area contributed by atoms with Gasteiger partial charge in [-0.1, -0.05) is 20.8 Å². The van der Waals surface area contributed by atoms with Crippen molar-refractivity contribution in [3.05, 3.63) is 13.3 Å². The van der Waals surface area contributed by atoms with Crippen LogP contribution < -0.4 is 0 Å². The van der Waals surface area contributed by atoms with Gasteiger partial charge in [0, 0.05) is 0 Å². The van der Waals surface area contributed by atoms with Crippen LogP contribution in [0.4, 0.5) is 0 Å². The van der Waals surface area contributed by atoms with Crippen molar-refractivity contribution in [3.63, 3.8) is 0 Å². The van der Waals surface area contributed by atoms with E-state index in [4.69, 9.17) is 0 Å². The van der Waals surface area contributed by atoms with Crippen LogP contribution in [-0.4, -0.2) is 37.7 Å². The van der Waals surface area contributed by atoms with E-state index in [-0.39, 0.29) is 43.2 Å². The number of hydrogen-bond donors (Lipinski definition) is 0. The average molecular weight is 164 g/mol. The maximum absolute atomic E-state index is 4.19. The zero-order valence-corrected chi connectivity index (χ0v) is 9.61. The SMILES string of the molecule is [CH2-]C1(C)CC[CH-]C1(C)C.[Ca+2]. The van der Waals surface area contributed by atoms with Gasteiger partial charge in [-0.2, -0.15) is 17.3 Å². The summed E-state index contributed by atoms with van der Waals surface area (Å²) >= 11 is 0. The van der Waals surface area contributed by atoms with Gasteiger partial charge in [0.1, 0.15) is 0 Å². The Labute approximate surface area is 94.8 Å². The topological polar surface area (TPSA) is 0 Å². The molecule has 1 aliphatic rings. The van der Waals surface area contributed by atoms with Crippen molar-refractivity contribution >= 4 is 37.7 Å². The minimum absolute atomic E-state index is 0. The second-order valence-electron chi connectivity index (χ2n) is 4.03. The molecule has 0 aromatic heterocycles. The Morgan fingerprint density at radius 1 is 1.30 bits per heavy atom. The van der Waals surface area contributed by atoms with Gasteiger partial charge in [-0.15, -0.1) is 6.42 Å². The molecule has 0 spiro atoms. The molecule has 0 aromatic rings. The van der Waals surface area contributed by atoms with Crippen LogP contribution in [0.1, 0.15) is 33.6 Å². The molecule has 0 aromatic carbocycles. The zero-order valence-electron chi connectivity index (χ0n) is 7.41. The third-order valence-electron chi connectivity index (χ3n) is 2.91. The molecule has 0 aliphatic heterocycles. The van der Waals surface area contributed by atoms with E-state index in [1.54, 1.807) is 0 Å². The standard InChI is InChI=1S/C9H16.Ca/c1-8(2)6-5-7-9(8,3)4;/h7H,1,5-6H2,2-4H3;/q-2;+2. The van der Waals surface area contributed by atoms with Gasteiger partial charge in [0.15, 0.2) is 0 Å². The smallest absolute Gasteiger partial charge is 0.340 e. The third-order valence-corrected chi connectivity index (χ3v) is 2.91. The third kappa shape index (κ3) is 1.89. The summed E-state index contributed by atoms with van der Waals surface area (Å²) in [6.45, 7) is 11.0. The Balaban J connectivity index is 0.000000810. The summed E-state index contributed by atoms with van der Waals surface area (Å²) in [6, 6.07) is 0. The number of hydrogen-bond acceptors (Lipinski definition) is 0. The van der Waals surface area contributed by atoms with Gasteiger partial charge >= 0.3 is 37.7 Å². The first-order chi connectivity index (χ1) is 3.96. The molecular formula is C9H16Ca. The van der Waals surface area contributed by atoms with Crippen LogP contribution in [0.2, 0.25) is 0 Å². The van der Waals surface area contributed by atoms with Crippen molar-refractivity contribution in [2.75, 3.05) is 0 Å². The second-order valence-corrected chi connectivity index (χ2v) is 4.03. The monoisotopic (exact) mass is 164 g/mol. The zero-order chi connectivity index (χ0) is 7.12. The summed E-state index contributed by atoms with van der Waals surface area (Å²) < 4.78 is 0. The van der Waals surface area contributed by atoms with Gasteiger partial charge in [0.05, 0.1) is 0 Å². The van der Waals surface area contributed by atoms with Crippen LogP contribution in [0, 0.1) is 24.2 Å². The molecular weight excluding hydrogens is 148 g/mol. The van der Waals surface area contributed by atoms with Crippen LogP contribution in [0.25, 0.3) is 0 Å². The van der Waals surface area contributed by atoms with Crippen molar-refractivity contribution in [1.29, 1.82) is 0 Å². The van der Waals surface area contributed by atoms with E-state index in [0.29, 0.717) is 5.41 Å². The largest absolute Gasteiger partial charge is 2.00 e. The predicted octanol–water partition coefficient (Wildman–Crippen LogP) is 2.47. The Hall–Kier alpha value is 1.26. The molecule has 1 aliphatic carbocycles. The van der Waals surface area contributed by atoms with Gasteiger partial charge < -0.3 is 13.3 Å². The first-order valence-electron chi connectivity index (χ1n) is 3.65. The van der Waals surface area contributed by atoms with E-state index in [2.05, 4.69) is 34.1 Å². The molecule has 1 atom stereocenters. The first-order valence-corrected chi connectivity index (χ1v) is 3.65. The Bertz CT molecular complexity index is 99.9. The molecule has 1 rings (SSSR count). The first kappa shape index (κ1) is 11.3. The van der Waals surface area contributed by atoms with E-state index in [0.717, 1.165) is 0 Å². The molecule has 1 heteroatoms. The normalized spacial score (nSPS) is 37.2. The van der Waals surface area contributed by atoms with Crippen LogP contribution >= 0.6 is 0 Å². The van der Waals surface area contributed by atoms with Crippen molar-refractivity contribution in [2.24, 2.45) is 10.8 Å². The van der Waals surface area contributed by atoms with Gasteiger partial charge in [0.25, 0.3) is 0 Å². The van der Waals surface area contributed by atoms with E-state index in [1.807, 2.05) is 0 Å². The molecule has 0 bridgehead atoms. The van der Waals surface area contributed by atoms with Gasteiger partial charge in [-0.3, -0.25) is 0 Å². The van der Waals surface area contributed by atoms with E-state index >= 15 is 0 Å². The molecule has 0 amide bonds. The maximum atomic E-state index is 4.19. The Morgan fingerprint density at radius 2 is 1.80 bits per heavy atom. The van der Waals surface area contributed by atoms with Crippen molar-refractivity contribution < 1.29 is 0 Å². The fourth-order valence-electron chi connectivity index (χ4n) is 1.32. The van der Waals surface area contributed by atoms with Crippen molar-refractivity contribution in [3.8, 4) is 0 Å².